The Kier molecular flexibility index (Phi) is 5.91. The van der Waals surface area contributed by atoms with Gasteiger partial charge >= 0.3 is 5.97 Å². The van der Waals surface area contributed by atoms with Gasteiger partial charge in [-0.3, -0.25) is 9.59 Å². The van der Waals surface area contributed by atoms with Crippen molar-refractivity contribution in [1.82, 2.24) is 0 Å². The van der Waals surface area contributed by atoms with Gasteiger partial charge in [-0.2, -0.15) is 0 Å². The molecule has 1 N–H and O–H groups in total. The van der Waals surface area contributed by atoms with Crippen LogP contribution in [0.25, 0.3) is 11.3 Å². The van der Waals surface area contributed by atoms with E-state index in [2.05, 4.69) is 5.32 Å². The number of esters is 1. The molecule has 0 spiro atoms. The van der Waals surface area contributed by atoms with Crippen molar-refractivity contribution in [2.45, 2.75) is 6.92 Å². The summed E-state index contributed by atoms with van der Waals surface area (Å²) in [5.74, 6) is -0.365. The number of rotatable bonds is 6. The van der Waals surface area contributed by atoms with Gasteiger partial charge in [0.15, 0.2) is 18.7 Å². The Balaban J connectivity index is 1.56. The molecule has 0 unspecified atom stereocenters. The summed E-state index contributed by atoms with van der Waals surface area (Å²) in [4.78, 5) is 34.7. The molecule has 0 bridgehead atoms. The number of aldehydes is 1. The fourth-order valence-electron chi connectivity index (χ4n) is 2.42. The average Bonchev–Trinajstić information content (AvgIpc) is 3.18. The maximum Gasteiger partial charge on any atom is 0.338 e. The van der Waals surface area contributed by atoms with Crippen LogP contribution in [-0.4, -0.2) is 24.8 Å². The van der Waals surface area contributed by atoms with Crippen molar-refractivity contribution in [1.29, 1.82) is 0 Å². The van der Waals surface area contributed by atoms with E-state index in [1.807, 2.05) is 6.92 Å². The summed E-state index contributed by atoms with van der Waals surface area (Å²) >= 11 is 6.01. The molecule has 0 atom stereocenters. The number of hydrogen-bond acceptors (Lipinski definition) is 5. The Hall–Kier alpha value is -3.38. The van der Waals surface area contributed by atoms with Crippen molar-refractivity contribution in [3.63, 3.8) is 0 Å². The Morgan fingerprint density at radius 2 is 1.86 bits per heavy atom. The number of anilines is 1. The number of hydrogen-bond donors (Lipinski definition) is 1. The van der Waals surface area contributed by atoms with Crippen molar-refractivity contribution in [3.8, 4) is 11.3 Å². The monoisotopic (exact) mass is 397 g/mol. The van der Waals surface area contributed by atoms with Gasteiger partial charge in [0.25, 0.3) is 5.91 Å². The number of carbonyl (C=O) groups is 3. The topological polar surface area (TPSA) is 85.6 Å². The molecule has 0 aliphatic heterocycles. The van der Waals surface area contributed by atoms with Crippen LogP contribution in [0.3, 0.4) is 0 Å². The number of aryl methyl sites for hydroxylation is 1. The van der Waals surface area contributed by atoms with Crippen LogP contribution in [0.5, 0.6) is 0 Å². The van der Waals surface area contributed by atoms with E-state index in [1.54, 1.807) is 54.6 Å². The molecule has 0 saturated carbocycles. The molecular formula is C21H16ClNO5. The van der Waals surface area contributed by atoms with Crippen LogP contribution in [0, 0.1) is 6.92 Å². The second kappa shape index (κ2) is 8.54. The van der Waals surface area contributed by atoms with Crippen LogP contribution < -0.4 is 5.32 Å². The Morgan fingerprint density at radius 1 is 1.11 bits per heavy atom. The van der Waals surface area contributed by atoms with Crippen molar-refractivity contribution in [3.05, 3.63) is 76.5 Å². The minimum Gasteiger partial charge on any atom is -0.453 e. The summed E-state index contributed by atoms with van der Waals surface area (Å²) in [7, 11) is 0. The highest BCUT2D eigenvalue weighted by Crippen LogP contribution is 2.22. The fourth-order valence-corrected chi connectivity index (χ4v) is 2.60. The number of furan rings is 1. The lowest BCUT2D eigenvalue weighted by atomic mass is 10.1. The molecule has 0 saturated heterocycles. The smallest absolute Gasteiger partial charge is 0.338 e. The van der Waals surface area contributed by atoms with Crippen LogP contribution in [-0.2, 0) is 9.53 Å². The molecule has 28 heavy (non-hydrogen) atoms. The predicted molar refractivity (Wildman–Crippen MR) is 105 cm³/mol. The van der Waals surface area contributed by atoms with Crippen molar-refractivity contribution in [2.75, 3.05) is 11.9 Å². The van der Waals surface area contributed by atoms with Gasteiger partial charge in [-0.25, -0.2) is 4.79 Å². The Labute approximate surface area is 166 Å². The second-order valence-corrected chi connectivity index (χ2v) is 6.39. The lowest BCUT2D eigenvalue weighted by molar-refractivity contribution is -0.119. The maximum atomic E-state index is 12.1. The summed E-state index contributed by atoms with van der Waals surface area (Å²) < 4.78 is 10.4. The number of nitrogens with one attached hydrogen (secondary N) is 1. The van der Waals surface area contributed by atoms with Gasteiger partial charge < -0.3 is 14.5 Å². The van der Waals surface area contributed by atoms with Crippen LogP contribution in [0.2, 0.25) is 5.02 Å². The highest BCUT2D eigenvalue weighted by Gasteiger charge is 2.12. The standard InChI is InChI=1S/C21H16ClNO5/c1-13-2-7-16(10-18(13)22)23-20(25)12-27-21(26)15-5-3-14(4-6-15)19-9-8-17(11-24)28-19/h2-11H,12H2,1H3,(H,23,25). The zero-order valence-corrected chi connectivity index (χ0v) is 15.7. The molecule has 1 heterocycles. The zero-order valence-electron chi connectivity index (χ0n) is 14.9. The van der Waals surface area contributed by atoms with Gasteiger partial charge in [-0.05, 0) is 48.9 Å². The Bertz CT molecular complexity index is 1020. The van der Waals surface area contributed by atoms with Gasteiger partial charge in [0.05, 0.1) is 5.56 Å². The van der Waals surface area contributed by atoms with Gasteiger partial charge in [0.2, 0.25) is 0 Å². The summed E-state index contributed by atoms with van der Waals surface area (Å²) in [5.41, 5.74) is 2.41. The highest BCUT2D eigenvalue weighted by molar-refractivity contribution is 6.31. The average molecular weight is 398 g/mol. The maximum absolute atomic E-state index is 12.1. The molecule has 0 radical (unpaired) electrons. The minimum absolute atomic E-state index is 0.222. The molecule has 0 aliphatic rings. The van der Waals surface area contributed by atoms with E-state index >= 15 is 0 Å². The highest BCUT2D eigenvalue weighted by atomic mass is 35.5. The first-order valence-electron chi connectivity index (χ1n) is 8.35. The van der Waals surface area contributed by atoms with Crippen LogP contribution in [0.15, 0.2) is 59.0 Å². The van der Waals surface area contributed by atoms with Gasteiger partial charge in [0.1, 0.15) is 5.76 Å². The van der Waals surface area contributed by atoms with E-state index in [9.17, 15) is 14.4 Å². The largest absolute Gasteiger partial charge is 0.453 e. The molecule has 0 fully saturated rings. The molecule has 1 aromatic heterocycles. The molecule has 2 aromatic carbocycles. The molecule has 3 rings (SSSR count). The van der Waals surface area contributed by atoms with Gasteiger partial charge in [0, 0.05) is 16.3 Å². The van der Waals surface area contributed by atoms with Gasteiger partial charge in [-0.1, -0.05) is 29.8 Å². The number of halogens is 1. The molecule has 142 valence electrons. The third-order valence-electron chi connectivity index (χ3n) is 3.94. The first-order valence-corrected chi connectivity index (χ1v) is 8.72. The van der Waals surface area contributed by atoms with Crippen LogP contribution in [0.4, 0.5) is 5.69 Å². The first-order chi connectivity index (χ1) is 13.5. The quantitative estimate of drug-likeness (QED) is 0.488. The van der Waals surface area contributed by atoms with Crippen LogP contribution in [0.1, 0.15) is 26.5 Å². The SMILES string of the molecule is Cc1ccc(NC(=O)COC(=O)c2ccc(-c3ccc(C=O)o3)cc2)cc1Cl. The van der Waals surface area contributed by atoms with E-state index in [1.165, 1.54) is 0 Å². The van der Waals surface area contributed by atoms with E-state index in [0.717, 1.165) is 5.56 Å². The number of amides is 1. The van der Waals surface area contributed by atoms with E-state index in [0.29, 0.717) is 28.3 Å². The predicted octanol–water partition coefficient (Wildman–Crippen LogP) is 4.52. The Morgan fingerprint density at radius 3 is 2.50 bits per heavy atom. The van der Waals surface area contributed by atoms with Crippen molar-refractivity contribution < 1.29 is 23.5 Å². The van der Waals surface area contributed by atoms with Crippen molar-refractivity contribution >= 4 is 35.5 Å². The zero-order chi connectivity index (χ0) is 20.1. The molecule has 3 aromatic rings. The summed E-state index contributed by atoms with van der Waals surface area (Å²) in [6, 6.07) is 14.8. The molecule has 6 nitrogen and oxygen atoms in total. The van der Waals surface area contributed by atoms with Crippen LogP contribution >= 0.6 is 11.6 Å². The normalized spacial score (nSPS) is 10.4. The van der Waals surface area contributed by atoms with E-state index in [-0.39, 0.29) is 11.3 Å². The second-order valence-electron chi connectivity index (χ2n) is 5.99. The van der Waals surface area contributed by atoms with E-state index in [4.69, 9.17) is 20.8 Å². The van der Waals surface area contributed by atoms with Gasteiger partial charge in [-0.15, -0.1) is 0 Å². The van der Waals surface area contributed by atoms with Crippen molar-refractivity contribution in [2.24, 2.45) is 0 Å². The summed E-state index contributed by atoms with van der Waals surface area (Å²) in [6.07, 6.45) is 0.616. The summed E-state index contributed by atoms with van der Waals surface area (Å²) in [6.45, 7) is 1.43. The molecular weight excluding hydrogens is 382 g/mol. The number of ether oxygens (including phenoxy) is 1. The lowest BCUT2D eigenvalue weighted by Gasteiger charge is -2.08. The lowest BCUT2D eigenvalue weighted by Crippen LogP contribution is -2.20. The third kappa shape index (κ3) is 4.66. The first kappa shape index (κ1) is 19.4. The number of benzene rings is 2. The molecule has 1 amide bonds. The molecule has 0 aliphatic carbocycles. The number of carbonyl (C=O) groups excluding carboxylic acids is 3. The summed E-state index contributed by atoms with van der Waals surface area (Å²) in [5, 5.41) is 3.15. The van der Waals surface area contributed by atoms with E-state index < -0.39 is 18.5 Å². The molecule has 7 heteroatoms. The third-order valence-corrected chi connectivity index (χ3v) is 4.35. The minimum atomic E-state index is -0.628. The fraction of sp³-hybridized carbons (Fsp3) is 0.0952.